The third-order valence-electron chi connectivity index (χ3n) is 4.68. The molecule has 1 N–H and O–H groups in total. The highest BCUT2D eigenvalue weighted by atomic mass is 16.5. The van der Waals surface area contributed by atoms with Crippen molar-refractivity contribution in [2.75, 3.05) is 45.9 Å². The molecule has 0 bridgehead atoms. The van der Waals surface area contributed by atoms with Crippen LogP contribution in [0.25, 0.3) is 0 Å². The van der Waals surface area contributed by atoms with Gasteiger partial charge in [0.15, 0.2) is 5.96 Å². The van der Waals surface area contributed by atoms with E-state index in [-0.39, 0.29) is 11.3 Å². The number of guanidine groups is 1. The molecule has 0 aromatic heterocycles. The molecule has 6 heteroatoms. The number of piperazine rings is 1. The number of hydrogen-bond acceptors (Lipinski definition) is 3. The van der Waals surface area contributed by atoms with Crippen LogP contribution in [0.2, 0.25) is 0 Å². The largest absolute Gasteiger partial charge is 0.492 e. The average molecular weight is 375 g/mol. The minimum atomic E-state index is 0.109. The van der Waals surface area contributed by atoms with E-state index in [1.807, 2.05) is 17.0 Å². The van der Waals surface area contributed by atoms with E-state index in [1.54, 1.807) is 6.92 Å². The van der Waals surface area contributed by atoms with Crippen LogP contribution >= 0.6 is 0 Å². The van der Waals surface area contributed by atoms with Gasteiger partial charge in [-0.15, -0.1) is 0 Å². The fraction of sp³-hybridized carbons (Fsp3) is 0.619. The summed E-state index contributed by atoms with van der Waals surface area (Å²) in [5.74, 6) is 1.92. The van der Waals surface area contributed by atoms with Crippen molar-refractivity contribution in [1.29, 1.82) is 0 Å². The number of nitrogens with one attached hydrogen (secondary N) is 1. The second kappa shape index (κ2) is 9.62. The molecule has 0 saturated carbocycles. The smallest absolute Gasteiger partial charge is 0.219 e. The summed E-state index contributed by atoms with van der Waals surface area (Å²) in [6.07, 6.45) is 0. The summed E-state index contributed by atoms with van der Waals surface area (Å²) >= 11 is 0. The molecule has 150 valence electrons. The zero-order valence-electron chi connectivity index (χ0n) is 17.4. The molecule has 1 aliphatic rings. The third kappa shape index (κ3) is 6.45. The SMILES string of the molecule is CCNC(=NCCOc1cccc(C(C)(C)C)c1)N1CCN(C(C)=O)CC1. The van der Waals surface area contributed by atoms with Gasteiger partial charge in [0.25, 0.3) is 0 Å². The van der Waals surface area contributed by atoms with Crippen LogP contribution in [0, 0.1) is 0 Å². The van der Waals surface area contributed by atoms with E-state index in [2.05, 4.69) is 50.0 Å². The summed E-state index contributed by atoms with van der Waals surface area (Å²) in [6.45, 7) is 15.3. The maximum Gasteiger partial charge on any atom is 0.219 e. The summed E-state index contributed by atoms with van der Waals surface area (Å²) in [6, 6.07) is 8.27. The molecule has 1 amide bonds. The molecule has 6 nitrogen and oxygen atoms in total. The summed E-state index contributed by atoms with van der Waals surface area (Å²) in [5, 5.41) is 3.34. The predicted octanol–water partition coefficient (Wildman–Crippen LogP) is 2.49. The van der Waals surface area contributed by atoms with Gasteiger partial charge in [0.05, 0.1) is 6.54 Å². The van der Waals surface area contributed by atoms with Crippen molar-refractivity contribution in [3.05, 3.63) is 29.8 Å². The summed E-state index contributed by atoms with van der Waals surface area (Å²) in [7, 11) is 0. The molecule has 0 radical (unpaired) electrons. The second-order valence-corrected chi connectivity index (χ2v) is 7.86. The Morgan fingerprint density at radius 3 is 2.44 bits per heavy atom. The Labute approximate surface area is 163 Å². The number of carbonyl (C=O) groups excluding carboxylic acids is 1. The molecule has 1 saturated heterocycles. The summed E-state index contributed by atoms with van der Waals surface area (Å²) in [4.78, 5) is 20.3. The number of benzene rings is 1. The van der Waals surface area contributed by atoms with Crippen molar-refractivity contribution in [1.82, 2.24) is 15.1 Å². The lowest BCUT2D eigenvalue weighted by Gasteiger charge is -2.36. The molecular formula is C21H34N4O2. The van der Waals surface area contributed by atoms with E-state index in [4.69, 9.17) is 9.73 Å². The van der Waals surface area contributed by atoms with Crippen LogP contribution in [0.4, 0.5) is 0 Å². The fourth-order valence-corrected chi connectivity index (χ4v) is 3.03. The third-order valence-corrected chi connectivity index (χ3v) is 4.68. The molecule has 1 heterocycles. The topological polar surface area (TPSA) is 57.2 Å². The highest BCUT2D eigenvalue weighted by molar-refractivity contribution is 5.80. The fourth-order valence-electron chi connectivity index (χ4n) is 3.03. The van der Waals surface area contributed by atoms with E-state index >= 15 is 0 Å². The summed E-state index contributed by atoms with van der Waals surface area (Å²) < 4.78 is 5.90. The van der Waals surface area contributed by atoms with Crippen molar-refractivity contribution < 1.29 is 9.53 Å². The van der Waals surface area contributed by atoms with Crippen molar-refractivity contribution >= 4 is 11.9 Å². The van der Waals surface area contributed by atoms with Crippen LogP contribution in [0.15, 0.2) is 29.3 Å². The highest BCUT2D eigenvalue weighted by Crippen LogP contribution is 2.25. The molecular weight excluding hydrogens is 340 g/mol. The van der Waals surface area contributed by atoms with E-state index < -0.39 is 0 Å². The number of ether oxygens (including phenoxy) is 1. The minimum Gasteiger partial charge on any atom is -0.492 e. The van der Waals surface area contributed by atoms with Gasteiger partial charge in [0, 0.05) is 39.6 Å². The Balaban J connectivity index is 1.88. The lowest BCUT2D eigenvalue weighted by molar-refractivity contribution is -0.130. The Morgan fingerprint density at radius 1 is 1.19 bits per heavy atom. The van der Waals surface area contributed by atoms with Crippen LogP contribution in [0.5, 0.6) is 5.75 Å². The first-order chi connectivity index (χ1) is 12.8. The molecule has 0 unspecified atom stereocenters. The average Bonchev–Trinajstić information content (AvgIpc) is 2.64. The van der Waals surface area contributed by atoms with Gasteiger partial charge in [0.1, 0.15) is 12.4 Å². The zero-order chi connectivity index (χ0) is 19.9. The number of nitrogens with zero attached hydrogens (tertiary/aromatic N) is 3. The van der Waals surface area contributed by atoms with Gasteiger partial charge in [-0.05, 0) is 30.0 Å². The van der Waals surface area contributed by atoms with Crippen LogP contribution < -0.4 is 10.1 Å². The lowest BCUT2D eigenvalue weighted by Crippen LogP contribution is -2.53. The van der Waals surface area contributed by atoms with Crippen molar-refractivity contribution in [2.45, 2.75) is 40.0 Å². The Kier molecular flexibility index (Phi) is 7.51. The van der Waals surface area contributed by atoms with Gasteiger partial charge in [-0.2, -0.15) is 0 Å². The maximum absolute atomic E-state index is 11.5. The molecule has 1 aromatic rings. The normalized spacial score (nSPS) is 15.7. The van der Waals surface area contributed by atoms with Gasteiger partial charge >= 0.3 is 0 Å². The van der Waals surface area contributed by atoms with E-state index in [0.717, 1.165) is 44.4 Å². The Morgan fingerprint density at radius 2 is 1.85 bits per heavy atom. The maximum atomic E-state index is 11.5. The zero-order valence-corrected chi connectivity index (χ0v) is 17.4. The van der Waals surface area contributed by atoms with Gasteiger partial charge in [-0.1, -0.05) is 32.9 Å². The Bertz CT molecular complexity index is 644. The highest BCUT2D eigenvalue weighted by Gasteiger charge is 2.20. The van der Waals surface area contributed by atoms with E-state index in [0.29, 0.717) is 13.2 Å². The number of hydrogen-bond donors (Lipinski definition) is 1. The lowest BCUT2D eigenvalue weighted by atomic mass is 9.87. The van der Waals surface area contributed by atoms with E-state index in [9.17, 15) is 4.79 Å². The van der Waals surface area contributed by atoms with Crippen LogP contribution in [0.3, 0.4) is 0 Å². The summed E-state index contributed by atoms with van der Waals surface area (Å²) in [5.41, 5.74) is 1.37. The molecule has 1 aromatic carbocycles. The molecule has 0 spiro atoms. The number of rotatable bonds is 5. The first kappa shape index (κ1) is 21.1. The Hall–Kier alpha value is -2.24. The van der Waals surface area contributed by atoms with Crippen molar-refractivity contribution in [3.8, 4) is 5.75 Å². The molecule has 27 heavy (non-hydrogen) atoms. The molecule has 1 aliphatic heterocycles. The monoisotopic (exact) mass is 374 g/mol. The minimum absolute atomic E-state index is 0.109. The van der Waals surface area contributed by atoms with Gasteiger partial charge in [0.2, 0.25) is 5.91 Å². The number of amides is 1. The first-order valence-corrected chi connectivity index (χ1v) is 9.83. The van der Waals surface area contributed by atoms with Gasteiger partial charge in [-0.3, -0.25) is 4.79 Å². The predicted molar refractivity (Wildman–Crippen MR) is 110 cm³/mol. The van der Waals surface area contributed by atoms with Gasteiger partial charge in [-0.25, -0.2) is 4.99 Å². The quantitative estimate of drug-likeness (QED) is 0.489. The molecule has 0 atom stereocenters. The second-order valence-electron chi connectivity index (χ2n) is 7.86. The van der Waals surface area contributed by atoms with Crippen molar-refractivity contribution in [3.63, 3.8) is 0 Å². The molecule has 2 rings (SSSR count). The number of aliphatic imine (C=N–C) groups is 1. The number of carbonyl (C=O) groups is 1. The van der Waals surface area contributed by atoms with Crippen molar-refractivity contribution in [2.24, 2.45) is 4.99 Å². The molecule has 0 aliphatic carbocycles. The first-order valence-electron chi connectivity index (χ1n) is 9.83. The molecule has 1 fully saturated rings. The standard InChI is InChI=1S/C21H34N4O2/c1-6-22-20(25-13-11-24(12-14-25)17(2)26)23-10-15-27-19-9-7-8-18(16-19)21(3,4)5/h7-9,16H,6,10-15H2,1-5H3,(H,22,23). The van der Waals surface area contributed by atoms with E-state index in [1.165, 1.54) is 5.56 Å². The van der Waals surface area contributed by atoms with Crippen LogP contribution in [-0.2, 0) is 10.2 Å². The van der Waals surface area contributed by atoms with Crippen LogP contribution in [-0.4, -0.2) is 67.5 Å². The van der Waals surface area contributed by atoms with Crippen LogP contribution in [0.1, 0.15) is 40.2 Å². The van der Waals surface area contributed by atoms with Gasteiger partial charge < -0.3 is 19.9 Å².